The lowest BCUT2D eigenvalue weighted by Crippen LogP contribution is -2.27. The number of nitrogens with one attached hydrogen (secondary N) is 2. The first-order chi connectivity index (χ1) is 14.6. The highest BCUT2D eigenvalue weighted by molar-refractivity contribution is 7.09. The van der Waals surface area contributed by atoms with Crippen LogP contribution < -0.4 is 20.1 Å². The first-order valence-electron chi connectivity index (χ1n) is 9.22. The summed E-state index contributed by atoms with van der Waals surface area (Å²) < 4.78 is 10.7. The predicted octanol–water partition coefficient (Wildman–Crippen LogP) is 4.40. The monoisotopic (exact) mass is 444 g/mol. The number of hydrogen-bond acceptors (Lipinski definition) is 5. The van der Waals surface area contributed by atoms with Crippen LogP contribution in [0.2, 0.25) is 5.02 Å². The largest absolute Gasteiger partial charge is 0.495 e. The fourth-order valence-electron chi connectivity index (χ4n) is 2.71. The van der Waals surface area contributed by atoms with E-state index < -0.39 is 0 Å². The van der Waals surface area contributed by atoms with Crippen molar-refractivity contribution in [2.24, 2.45) is 0 Å². The number of carbonyl (C=O) groups is 2. The van der Waals surface area contributed by atoms with Gasteiger partial charge in [0.2, 0.25) is 0 Å². The summed E-state index contributed by atoms with van der Waals surface area (Å²) in [6.07, 6.45) is 0.763. The van der Waals surface area contributed by atoms with Gasteiger partial charge in [-0.15, -0.1) is 11.3 Å². The Morgan fingerprint density at radius 1 is 1.07 bits per heavy atom. The van der Waals surface area contributed by atoms with Gasteiger partial charge in [-0.25, -0.2) is 0 Å². The molecule has 3 aromatic rings. The van der Waals surface area contributed by atoms with Gasteiger partial charge in [-0.1, -0.05) is 29.8 Å². The molecule has 0 unspecified atom stereocenters. The van der Waals surface area contributed by atoms with Crippen molar-refractivity contribution in [3.8, 4) is 11.5 Å². The maximum atomic E-state index is 12.5. The third kappa shape index (κ3) is 5.98. The average Bonchev–Trinajstić information content (AvgIpc) is 3.26. The van der Waals surface area contributed by atoms with Gasteiger partial charge < -0.3 is 20.1 Å². The van der Waals surface area contributed by atoms with Crippen LogP contribution in [0.1, 0.15) is 15.2 Å². The van der Waals surface area contributed by atoms with Crippen molar-refractivity contribution < 1.29 is 19.1 Å². The van der Waals surface area contributed by atoms with Crippen LogP contribution in [-0.4, -0.2) is 32.1 Å². The molecule has 0 aliphatic carbocycles. The van der Waals surface area contributed by atoms with E-state index in [-0.39, 0.29) is 18.4 Å². The van der Waals surface area contributed by atoms with Gasteiger partial charge >= 0.3 is 0 Å². The molecule has 0 aliphatic rings. The SMILES string of the molecule is COc1ccc(NC(=O)COc2ccccc2C(=O)NCCc2cccs2)cc1Cl. The van der Waals surface area contributed by atoms with Crippen molar-refractivity contribution >= 4 is 40.4 Å². The number of amides is 2. The van der Waals surface area contributed by atoms with Gasteiger partial charge in [0.25, 0.3) is 11.8 Å². The summed E-state index contributed by atoms with van der Waals surface area (Å²) >= 11 is 7.72. The molecule has 8 heteroatoms. The average molecular weight is 445 g/mol. The molecule has 3 rings (SSSR count). The molecule has 0 bridgehead atoms. The summed E-state index contributed by atoms with van der Waals surface area (Å²) in [6.45, 7) is 0.273. The minimum absolute atomic E-state index is 0.246. The number of thiophene rings is 1. The van der Waals surface area contributed by atoms with E-state index in [9.17, 15) is 9.59 Å². The van der Waals surface area contributed by atoms with Gasteiger partial charge in [0, 0.05) is 17.1 Å². The number of anilines is 1. The maximum absolute atomic E-state index is 12.5. The lowest BCUT2D eigenvalue weighted by Gasteiger charge is -2.12. The van der Waals surface area contributed by atoms with E-state index >= 15 is 0 Å². The summed E-state index contributed by atoms with van der Waals surface area (Å²) in [7, 11) is 1.52. The molecule has 30 heavy (non-hydrogen) atoms. The maximum Gasteiger partial charge on any atom is 0.262 e. The Balaban J connectivity index is 1.54. The summed E-state index contributed by atoms with van der Waals surface area (Å²) in [4.78, 5) is 25.9. The normalized spacial score (nSPS) is 10.3. The number of para-hydroxylation sites is 1. The molecule has 0 atom stereocenters. The number of rotatable bonds is 9. The number of methoxy groups -OCH3 is 1. The van der Waals surface area contributed by atoms with Crippen LogP contribution in [0.4, 0.5) is 5.69 Å². The first-order valence-corrected chi connectivity index (χ1v) is 10.5. The number of hydrogen-bond donors (Lipinski definition) is 2. The van der Waals surface area contributed by atoms with Gasteiger partial charge in [-0.2, -0.15) is 0 Å². The van der Waals surface area contributed by atoms with Crippen molar-refractivity contribution in [2.45, 2.75) is 6.42 Å². The molecule has 0 radical (unpaired) electrons. The fourth-order valence-corrected chi connectivity index (χ4v) is 3.68. The molecular formula is C22H21ClN2O4S. The van der Waals surface area contributed by atoms with Crippen LogP contribution in [0.15, 0.2) is 60.0 Å². The lowest BCUT2D eigenvalue weighted by atomic mass is 10.2. The Hall–Kier alpha value is -3.03. The zero-order valence-electron chi connectivity index (χ0n) is 16.3. The molecule has 1 heterocycles. The molecule has 2 aromatic carbocycles. The van der Waals surface area contributed by atoms with Gasteiger partial charge in [0.05, 0.1) is 17.7 Å². The highest BCUT2D eigenvalue weighted by Crippen LogP contribution is 2.27. The van der Waals surface area contributed by atoms with E-state index in [2.05, 4.69) is 10.6 Å². The van der Waals surface area contributed by atoms with Crippen LogP contribution in [0.5, 0.6) is 11.5 Å². The Morgan fingerprint density at radius 3 is 2.63 bits per heavy atom. The second kappa shape index (κ2) is 10.7. The molecular weight excluding hydrogens is 424 g/mol. The number of ether oxygens (including phenoxy) is 2. The molecule has 0 aliphatic heterocycles. The Morgan fingerprint density at radius 2 is 1.90 bits per heavy atom. The second-order valence-electron chi connectivity index (χ2n) is 6.27. The lowest BCUT2D eigenvalue weighted by molar-refractivity contribution is -0.118. The van der Waals surface area contributed by atoms with Crippen LogP contribution in [0.3, 0.4) is 0 Å². The summed E-state index contributed by atoms with van der Waals surface area (Å²) in [6, 6.07) is 15.8. The van der Waals surface area contributed by atoms with E-state index in [1.165, 1.54) is 12.0 Å². The molecule has 156 valence electrons. The highest BCUT2D eigenvalue weighted by Gasteiger charge is 2.13. The number of halogens is 1. The van der Waals surface area contributed by atoms with Crippen molar-refractivity contribution in [3.63, 3.8) is 0 Å². The van der Waals surface area contributed by atoms with Crippen LogP contribution in [0, 0.1) is 0 Å². The molecule has 2 amide bonds. The predicted molar refractivity (Wildman–Crippen MR) is 119 cm³/mol. The van der Waals surface area contributed by atoms with Crippen molar-refractivity contribution in [1.82, 2.24) is 5.32 Å². The quantitative estimate of drug-likeness (QED) is 0.513. The van der Waals surface area contributed by atoms with Crippen LogP contribution >= 0.6 is 22.9 Å². The minimum atomic E-state index is -0.371. The zero-order valence-corrected chi connectivity index (χ0v) is 17.9. The van der Waals surface area contributed by atoms with Crippen molar-refractivity contribution in [3.05, 3.63) is 75.4 Å². The van der Waals surface area contributed by atoms with E-state index in [0.29, 0.717) is 34.3 Å². The topological polar surface area (TPSA) is 76.7 Å². The molecule has 1 aromatic heterocycles. The van der Waals surface area contributed by atoms with Gasteiger partial charge in [-0.3, -0.25) is 9.59 Å². The van der Waals surface area contributed by atoms with Gasteiger partial charge in [0.15, 0.2) is 6.61 Å². The smallest absolute Gasteiger partial charge is 0.262 e. The fraction of sp³-hybridized carbons (Fsp3) is 0.182. The highest BCUT2D eigenvalue weighted by atomic mass is 35.5. The molecule has 0 saturated heterocycles. The standard InChI is InChI=1S/C22H21ClN2O4S/c1-28-20-9-8-15(13-18(20)23)25-21(26)14-29-19-7-3-2-6-17(19)22(27)24-11-10-16-5-4-12-30-16/h2-9,12-13H,10-11,14H2,1H3,(H,24,27)(H,25,26). The van der Waals surface area contributed by atoms with Crippen molar-refractivity contribution in [2.75, 3.05) is 25.6 Å². The Bertz CT molecular complexity index is 1010. The van der Waals surface area contributed by atoms with Gasteiger partial charge in [0.1, 0.15) is 11.5 Å². The van der Waals surface area contributed by atoms with Crippen molar-refractivity contribution in [1.29, 1.82) is 0 Å². The van der Waals surface area contributed by atoms with E-state index in [1.807, 2.05) is 17.5 Å². The van der Waals surface area contributed by atoms with E-state index in [1.54, 1.807) is 53.8 Å². The Kier molecular flexibility index (Phi) is 7.70. The summed E-state index contributed by atoms with van der Waals surface area (Å²) in [5.74, 6) is 0.243. The van der Waals surface area contributed by atoms with Gasteiger partial charge in [-0.05, 0) is 48.2 Å². The minimum Gasteiger partial charge on any atom is -0.495 e. The molecule has 2 N–H and O–H groups in total. The van der Waals surface area contributed by atoms with Crippen LogP contribution in [-0.2, 0) is 11.2 Å². The number of benzene rings is 2. The first kappa shape index (κ1) is 21.7. The van der Waals surface area contributed by atoms with E-state index in [0.717, 1.165) is 6.42 Å². The number of carbonyl (C=O) groups excluding carboxylic acids is 2. The van der Waals surface area contributed by atoms with Crippen LogP contribution in [0.25, 0.3) is 0 Å². The third-order valence-electron chi connectivity index (χ3n) is 4.16. The zero-order chi connectivity index (χ0) is 21.3. The Labute approximate surface area is 183 Å². The molecule has 0 saturated carbocycles. The molecule has 0 fully saturated rings. The second-order valence-corrected chi connectivity index (χ2v) is 7.71. The third-order valence-corrected chi connectivity index (χ3v) is 5.39. The summed E-state index contributed by atoms with van der Waals surface area (Å²) in [5.41, 5.74) is 0.901. The van der Waals surface area contributed by atoms with E-state index in [4.69, 9.17) is 21.1 Å². The summed E-state index contributed by atoms with van der Waals surface area (Å²) in [5, 5.41) is 7.98. The molecule has 0 spiro atoms. The molecule has 6 nitrogen and oxygen atoms in total.